The second-order valence-corrected chi connectivity index (χ2v) is 7.90. The maximum Gasteiger partial charge on any atom is 0.269 e. The first-order valence-electron chi connectivity index (χ1n) is 8.54. The molecule has 0 bridgehead atoms. The molecule has 10 heteroatoms. The largest absolute Gasteiger partial charge is 0.495 e. The molecule has 1 heterocycles. The van der Waals surface area contributed by atoms with Gasteiger partial charge in [0.15, 0.2) is 0 Å². The molecule has 0 unspecified atom stereocenters. The molecule has 0 saturated heterocycles. The molecule has 0 aliphatic carbocycles. The van der Waals surface area contributed by atoms with Crippen LogP contribution in [0.1, 0.15) is 16.1 Å². The molecule has 0 saturated carbocycles. The van der Waals surface area contributed by atoms with Crippen molar-refractivity contribution >= 4 is 15.9 Å². The van der Waals surface area contributed by atoms with Crippen LogP contribution in [0.25, 0.3) is 11.3 Å². The highest BCUT2D eigenvalue weighted by atomic mass is 32.2. The van der Waals surface area contributed by atoms with Crippen molar-refractivity contribution < 1.29 is 22.3 Å². The van der Waals surface area contributed by atoms with Gasteiger partial charge in [-0.25, -0.2) is 17.5 Å². The van der Waals surface area contributed by atoms with E-state index in [9.17, 15) is 17.6 Å². The molecule has 1 amide bonds. The Morgan fingerprint density at radius 2 is 1.90 bits per heavy atom. The molecule has 152 valence electrons. The molecule has 8 nitrogen and oxygen atoms in total. The smallest absolute Gasteiger partial charge is 0.269 e. The molecular formula is C19H19FN4O4S. The minimum atomic E-state index is -3.74. The standard InChI is InChI=1S/C19H19FN4O4S/c1-21-29(26,27)18-9-13(5-8-17(18)28-2)15-10-16(24-23-15)19(25)22-11-12-3-6-14(20)7-4-12/h3-10,21H,11H2,1-2H3,(H,22,25)(H,23,24). The first kappa shape index (κ1) is 20.5. The van der Waals surface area contributed by atoms with Crippen LogP contribution in [0.5, 0.6) is 5.75 Å². The minimum Gasteiger partial charge on any atom is -0.495 e. The average molecular weight is 418 g/mol. The summed E-state index contributed by atoms with van der Waals surface area (Å²) in [5, 5.41) is 9.42. The van der Waals surface area contributed by atoms with Crippen molar-refractivity contribution in [2.75, 3.05) is 14.2 Å². The molecule has 0 radical (unpaired) electrons. The van der Waals surface area contributed by atoms with Crippen molar-refractivity contribution in [1.29, 1.82) is 0 Å². The van der Waals surface area contributed by atoms with E-state index in [4.69, 9.17) is 4.74 Å². The first-order valence-corrected chi connectivity index (χ1v) is 10.0. The number of hydrogen-bond donors (Lipinski definition) is 3. The molecule has 1 aromatic heterocycles. The summed E-state index contributed by atoms with van der Waals surface area (Å²) in [5.41, 5.74) is 1.84. The fourth-order valence-electron chi connectivity index (χ4n) is 2.62. The van der Waals surface area contributed by atoms with Gasteiger partial charge in [0.1, 0.15) is 22.2 Å². The zero-order valence-electron chi connectivity index (χ0n) is 15.7. The summed E-state index contributed by atoms with van der Waals surface area (Å²) in [7, 11) is -1.06. The van der Waals surface area contributed by atoms with Gasteiger partial charge in [-0.2, -0.15) is 5.10 Å². The zero-order valence-corrected chi connectivity index (χ0v) is 16.5. The van der Waals surface area contributed by atoms with Crippen LogP contribution >= 0.6 is 0 Å². The lowest BCUT2D eigenvalue weighted by atomic mass is 10.1. The fraction of sp³-hybridized carbons (Fsp3) is 0.158. The van der Waals surface area contributed by atoms with E-state index in [0.29, 0.717) is 11.3 Å². The van der Waals surface area contributed by atoms with Gasteiger partial charge >= 0.3 is 0 Å². The quantitative estimate of drug-likeness (QED) is 0.544. The third kappa shape index (κ3) is 4.61. The number of ether oxygens (including phenoxy) is 1. The molecule has 29 heavy (non-hydrogen) atoms. The van der Waals surface area contributed by atoms with Gasteiger partial charge in [0.25, 0.3) is 5.91 Å². The van der Waals surface area contributed by atoms with E-state index in [1.54, 1.807) is 18.2 Å². The van der Waals surface area contributed by atoms with Gasteiger partial charge in [-0.05, 0) is 49.0 Å². The minimum absolute atomic E-state index is 0.0367. The number of methoxy groups -OCH3 is 1. The Balaban J connectivity index is 1.79. The fourth-order valence-corrected chi connectivity index (χ4v) is 3.54. The second-order valence-electron chi connectivity index (χ2n) is 6.05. The lowest BCUT2D eigenvalue weighted by Crippen LogP contribution is -2.23. The van der Waals surface area contributed by atoms with Gasteiger partial charge in [-0.3, -0.25) is 9.89 Å². The lowest BCUT2D eigenvalue weighted by Gasteiger charge is -2.09. The SMILES string of the molecule is CNS(=O)(=O)c1cc(-c2cc(C(=O)NCc3ccc(F)cc3)[nH]n2)ccc1OC. The van der Waals surface area contributed by atoms with E-state index in [0.717, 1.165) is 5.56 Å². The van der Waals surface area contributed by atoms with Crippen molar-refractivity contribution in [2.45, 2.75) is 11.4 Å². The number of nitrogens with zero attached hydrogens (tertiary/aromatic N) is 1. The van der Waals surface area contributed by atoms with Crippen LogP contribution in [-0.4, -0.2) is 38.7 Å². The van der Waals surface area contributed by atoms with Crippen molar-refractivity contribution in [3.05, 3.63) is 65.6 Å². The summed E-state index contributed by atoms with van der Waals surface area (Å²) < 4.78 is 44.7. The van der Waals surface area contributed by atoms with Crippen molar-refractivity contribution in [3.63, 3.8) is 0 Å². The Bertz CT molecular complexity index is 1130. The monoisotopic (exact) mass is 418 g/mol. The highest BCUT2D eigenvalue weighted by Gasteiger charge is 2.20. The molecule has 3 rings (SSSR count). The number of nitrogens with one attached hydrogen (secondary N) is 3. The van der Waals surface area contributed by atoms with E-state index in [1.807, 2.05) is 0 Å². The zero-order chi connectivity index (χ0) is 21.0. The van der Waals surface area contributed by atoms with Crippen LogP contribution < -0.4 is 14.8 Å². The van der Waals surface area contributed by atoms with Gasteiger partial charge in [0, 0.05) is 12.1 Å². The van der Waals surface area contributed by atoms with E-state index >= 15 is 0 Å². The number of carbonyl (C=O) groups is 1. The third-order valence-corrected chi connectivity index (χ3v) is 5.64. The van der Waals surface area contributed by atoms with E-state index in [-0.39, 0.29) is 28.7 Å². The Morgan fingerprint density at radius 3 is 2.55 bits per heavy atom. The molecule has 0 atom stereocenters. The number of H-pyrrole nitrogens is 1. The van der Waals surface area contributed by atoms with Crippen molar-refractivity contribution in [3.8, 4) is 17.0 Å². The first-order chi connectivity index (χ1) is 13.8. The van der Waals surface area contributed by atoms with Gasteiger partial charge in [-0.1, -0.05) is 12.1 Å². The molecule has 3 aromatic rings. The maximum atomic E-state index is 12.9. The van der Waals surface area contributed by atoms with E-state index in [1.165, 1.54) is 44.5 Å². The topological polar surface area (TPSA) is 113 Å². The van der Waals surface area contributed by atoms with Crippen molar-refractivity contribution in [1.82, 2.24) is 20.2 Å². The number of aromatic nitrogens is 2. The number of amides is 1. The summed E-state index contributed by atoms with van der Waals surface area (Å²) in [5.74, 6) is -0.557. The Hall–Kier alpha value is -3.24. The van der Waals surface area contributed by atoms with Crippen LogP contribution in [-0.2, 0) is 16.6 Å². The van der Waals surface area contributed by atoms with Gasteiger partial charge in [-0.15, -0.1) is 0 Å². The maximum absolute atomic E-state index is 12.9. The van der Waals surface area contributed by atoms with E-state index in [2.05, 4.69) is 20.2 Å². The lowest BCUT2D eigenvalue weighted by molar-refractivity contribution is 0.0946. The van der Waals surface area contributed by atoms with Crippen LogP contribution in [0.15, 0.2) is 53.4 Å². The number of benzene rings is 2. The van der Waals surface area contributed by atoms with Crippen LogP contribution in [0, 0.1) is 5.82 Å². The number of hydrogen-bond acceptors (Lipinski definition) is 5. The van der Waals surface area contributed by atoms with Gasteiger partial charge in [0.2, 0.25) is 10.0 Å². The number of rotatable bonds is 7. The molecular weight excluding hydrogens is 399 g/mol. The Kier molecular flexibility index (Phi) is 5.95. The summed E-state index contributed by atoms with van der Waals surface area (Å²) in [6, 6.07) is 11.9. The molecule has 0 spiro atoms. The highest BCUT2D eigenvalue weighted by Crippen LogP contribution is 2.29. The van der Waals surface area contributed by atoms with Gasteiger partial charge < -0.3 is 10.1 Å². The summed E-state index contributed by atoms with van der Waals surface area (Å²) in [4.78, 5) is 12.3. The third-order valence-electron chi connectivity index (χ3n) is 4.21. The van der Waals surface area contributed by atoms with Crippen LogP contribution in [0.4, 0.5) is 4.39 Å². The number of carbonyl (C=O) groups excluding carboxylic acids is 1. The van der Waals surface area contributed by atoms with E-state index < -0.39 is 15.9 Å². The Morgan fingerprint density at radius 1 is 1.17 bits per heavy atom. The van der Waals surface area contributed by atoms with Crippen molar-refractivity contribution in [2.24, 2.45) is 0 Å². The second kappa shape index (κ2) is 8.41. The van der Waals surface area contributed by atoms with Crippen LogP contribution in [0.2, 0.25) is 0 Å². The number of aromatic amines is 1. The van der Waals surface area contributed by atoms with Gasteiger partial charge in [0.05, 0.1) is 12.8 Å². The summed E-state index contributed by atoms with van der Waals surface area (Å²) >= 11 is 0. The predicted molar refractivity (Wildman–Crippen MR) is 104 cm³/mol. The molecule has 3 N–H and O–H groups in total. The number of halogens is 1. The number of sulfonamides is 1. The van der Waals surface area contributed by atoms with Crippen LogP contribution in [0.3, 0.4) is 0 Å². The summed E-state index contributed by atoms with van der Waals surface area (Å²) in [6.45, 7) is 0.223. The predicted octanol–water partition coefficient (Wildman–Crippen LogP) is 2.06. The molecule has 2 aromatic carbocycles. The highest BCUT2D eigenvalue weighted by molar-refractivity contribution is 7.89. The Labute approximate surface area is 167 Å². The average Bonchev–Trinajstić information content (AvgIpc) is 3.23. The summed E-state index contributed by atoms with van der Waals surface area (Å²) in [6.07, 6.45) is 0. The molecule has 0 fully saturated rings. The molecule has 0 aliphatic rings. The molecule has 0 aliphatic heterocycles. The normalized spacial score (nSPS) is 11.3.